The summed E-state index contributed by atoms with van der Waals surface area (Å²) in [6.07, 6.45) is -15.6. The molecule has 98 heavy (non-hydrogen) atoms. The average Bonchev–Trinajstić information content (AvgIpc) is 1.62. The Morgan fingerprint density at radius 1 is 0.551 bits per heavy atom. The zero-order valence-corrected chi connectivity index (χ0v) is 53.3. The first-order chi connectivity index (χ1) is 46.2. The van der Waals surface area contributed by atoms with E-state index >= 15 is 0 Å². The monoisotopic (exact) mass is 1450 g/mol. The fourth-order valence-corrected chi connectivity index (χ4v) is 12.7. The maximum absolute atomic E-state index is 13.7. The van der Waals surface area contributed by atoms with Crippen molar-refractivity contribution >= 4 is 66.5 Å². The van der Waals surface area contributed by atoms with Gasteiger partial charge < -0.3 is 30.6 Å². The molecule has 4 N–H and O–H groups in total. The normalized spacial score (nSPS) is 19.4. The highest BCUT2D eigenvalue weighted by Gasteiger charge is 2.43. The number of carbonyl (C=O) groups excluding carboxylic acids is 4. The Labute approximate surface area is 556 Å². The molecule has 2 saturated heterocycles. The zero-order valence-electron chi connectivity index (χ0n) is 50.2. The molecule has 12 rings (SSSR count). The molecule has 4 aliphatic rings. The Bertz CT molecular complexity index is 4440. The van der Waals surface area contributed by atoms with Gasteiger partial charge in [0, 0.05) is 72.6 Å². The smallest absolute Gasteiger partial charge is 0.382 e. The lowest BCUT2D eigenvalue weighted by atomic mass is 10.2. The predicted octanol–water partition coefficient (Wildman–Crippen LogP) is 2.05. The fourth-order valence-electron chi connectivity index (χ4n) is 10.00. The van der Waals surface area contributed by atoms with Gasteiger partial charge in [-0.3, -0.25) is 28.3 Å². The van der Waals surface area contributed by atoms with Crippen LogP contribution in [-0.2, 0) is 45.9 Å². The number of halogens is 10. The lowest BCUT2D eigenvalue weighted by Crippen LogP contribution is -2.44. The molecule has 8 aromatic rings. The van der Waals surface area contributed by atoms with Crippen LogP contribution in [0.4, 0.5) is 35.1 Å². The summed E-state index contributed by atoms with van der Waals surface area (Å²) in [5, 5.41) is 42.2. The molecule has 6 aromatic heterocycles. The quantitative estimate of drug-likeness (QED) is 0.0893. The van der Waals surface area contributed by atoms with E-state index in [1.54, 1.807) is 0 Å². The number of aliphatic hydroxyl groups excluding tert-OH is 2. The van der Waals surface area contributed by atoms with E-state index in [9.17, 15) is 90.9 Å². The molecule has 4 amide bonds. The number of carbonyl (C=O) groups is 4. The lowest BCUT2D eigenvalue weighted by Gasteiger charge is -2.26. The predicted molar refractivity (Wildman–Crippen MR) is 325 cm³/mol. The number of nitrogens with one attached hydrogen (secondary N) is 2. The topological polar surface area (TPSA) is 374 Å². The molecule has 2 aliphatic carbocycles. The van der Waals surface area contributed by atoms with Crippen LogP contribution in [0.5, 0.6) is 0 Å². The summed E-state index contributed by atoms with van der Waals surface area (Å²) in [6, 6.07) is 15.5. The zero-order chi connectivity index (χ0) is 70.5. The number of hydrogen-bond acceptors (Lipinski definition) is 20. The molecule has 0 bridgehead atoms. The first kappa shape index (κ1) is 70.0. The highest BCUT2D eigenvalue weighted by atomic mass is 35.5. The van der Waals surface area contributed by atoms with E-state index in [1.165, 1.54) is 95.0 Å². The van der Waals surface area contributed by atoms with Crippen molar-refractivity contribution in [1.29, 1.82) is 0 Å². The summed E-state index contributed by atoms with van der Waals surface area (Å²) in [7, 11) is -6.77. The van der Waals surface area contributed by atoms with Crippen LogP contribution < -0.4 is 22.0 Å². The number of pyridine rings is 2. The Kier molecular flexibility index (Phi) is 19.6. The minimum atomic E-state index is -5.06. The molecule has 8 heterocycles. The molecule has 2 aliphatic heterocycles. The molecule has 30 nitrogen and oxygen atoms in total. The number of rotatable bonds is 18. The maximum Gasteiger partial charge on any atom is 0.416 e. The number of hydrogen-bond donors (Lipinski definition) is 4. The van der Waals surface area contributed by atoms with Gasteiger partial charge in [-0.2, -0.15) is 35.7 Å². The number of benzene rings is 2. The molecular weight excluding hydrogens is 1400 g/mol. The number of aliphatic hydroxyl groups is 2. The standard InChI is InChI=1S/2C28H26ClF4N9O6S/c2*29-16-5-3-15(4-6-16)22-38-41(27(46)40(22)13-20(43)28(31,32)33)14-21-36-24(26(45)39-8-10-49(47,48)11-9-39)42(37-21)23-17(2-1-7-34-23)25(44)35-19-12-18(19)30/h2*1-7,18-20,43H,8-14H2,(H,35,44)/t18-,19+,20+;18-,19+,20-/m10/s1. The van der Waals surface area contributed by atoms with Gasteiger partial charge in [-0.15, -0.1) is 20.4 Å². The van der Waals surface area contributed by atoms with Gasteiger partial charge in [0.1, 0.15) is 25.4 Å². The minimum absolute atomic E-state index is 0.110. The molecular formula is C56H52Cl2F8N18O12S2. The van der Waals surface area contributed by atoms with E-state index in [2.05, 4.69) is 51.0 Å². The summed E-state index contributed by atoms with van der Waals surface area (Å²) < 4.78 is 160. The molecule has 2 saturated carbocycles. The Morgan fingerprint density at radius 2 is 0.888 bits per heavy atom. The van der Waals surface area contributed by atoms with Gasteiger partial charge in [-0.25, -0.2) is 64.5 Å². The van der Waals surface area contributed by atoms with Crippen LogP contribution in [0, 0.1) is 0 Å². The minimum Gasteiger partial charge on any atom is -0.382 e. The van der Waals surface area contributed by atoms with E-state index in [1.807, 2.05) is 0 Å². The summed E-state index contributed by atoms with van der Waals surface area (Å²) >= 11 is 11.9. The fraction of sp³-hybridized carbons (Fsp3) is 0.393. The van der Waals surface area contributed by atoms with Crippen molar-refractivity contribution in [3.63, 3.8) is 0 Å². The number of sulfone groups is 2. The maximum atomic E-state index is 13.7. The van der Waals surface area contributed by atoms with E-state index in [0.29, 0.717) is 19.2 Å². The summed E-state index contributed by atoms with van der Waals surface area (Å²) in [6.45, 7) is -4.29. The third-order valence-electron chi connectivity index (χ3n) is 15.6. The van der Waals surface area contributed by atoms with Crippen molar-refractivity contribution in [3.8, 4) is 34.4 Å². The van der Waals surface area contributed by atoms with Crippen LogP contribution >= 0.6 is 23.2 Å². The number of nitrogens with zero attached hydrogens (tertiary/aromatic N) is 16. The first-order valence-electron chi connectivity index (χ1n) is 29.3. The van der Waals surface area contributed by atoms with Gasteiger partial charge in [-0.05, 0) is 72.8 Å². The molecule has 0 unspecified atom stereocenters. The van der Waals surface area contributed by atoms with E-state index in [4.69, 9.17) is 23.2 Å². The van der Waals surface area contributed by atoms with Crippen LogP contribution in [0.25, 0.3) is 34.4 Å². The highest BCUT2D eigenvalue weighted by molar-refractivity contribution is 7.91. The second-order valence-corrected chi connectivity index (χ2v) is 28.2. The number of amides is 4. The Hall–Kier alpha value is -9.38. The van der Waals surface area contributed by atoms with Gasteiger partial charge in [0.05, 0.1) is 59.3 Å². The first-order valence-corrected chi connectivity index (χ1v) is 33.7. The van der Waals surface area contributed by atoms with Gasteiger partial charge >= 0.3 is 23.7 Å². The van der Waals surface area contributed by atoms with Gasteiger partial charge in [0.2, 0.25) is 11.6 Å². The van der Waals surface area contributed by atoms with Gasteiger partial charge in [0.15, 0.2) is 66.8 Å². The van der Waals surface area contributed by atoms with Crippen molar-refractivity contribution in [2.75, 3.05) is 49.2 Å². The molecule has 4 fully saturated rings. The largest absolute Gasteiger partial charge is 0.416 e. The number of aromatic nitrogens is 14. The van der Waals surface area contributed by atoms with Crippen LogP contribution in [0.3, 0.4) is 0 Å². The Balaban J connectivity index is 0.000000198. The van der Waals surface area contributed by atoms with Crippen molar-refractivity contribution in [2.45, 2.75) is 88.0 Å². The summed E-state index contributed by atoms with van der Waals surface area (Å²) in [5.41, 5.74) is -2.00. The Morgan fingerprint density at radius 3 is 1.20 bits per heavy atom. The van der Waals surface area contributed by atoms with Gasteiger partial charge in [0.25, 0.3) is 23.6 Å². The summed E-state index contributed by atoms with van der Waals surface area (Å²) in [4.78, 5) is 99.9. The molecule has 42 heteroatoms. The van der Waals surface area contributed by atoms with Crippen LogP contribution in [0.1, 0.15) is 66.4 Å². The van der Waals surface area contributed by atoms with Crippen LogP contribution in [-0.4, -0.2) is 227 Å². The average molecular weight is 1460 g/mol. The van der Waals surface area contributed by atoms with E-state index in [0.717, 1.165) is 18.7 Å². The molecule has 520 valence electrons. The summed E-state index contributed by atoms with van der Waals surface area (Å²) in [5.74, 6) is -6.53. The molecule has 0 spiro atoms. The second kappa shape index (κ2) is 27.5. The van der Waals surface area contributed by atoms with Crippen molar-refractivity contribution < 1.29 is 81.4 Å². The lowest BCUT2D eigenvalue weighted by molar-refractivity contribution is -0.207. The highest BCUT2D eigenvalue weighted by Crippen LogP contribution is 2.30. The van der Waals surface area contributed by atoms with Crippen LogP contribution in [0.2, 0.25) is 10.0 Å². The van der Waals surface area contributed by atoms with Crippen molar-refractivity contribution in [3.05, 3.63) is 151 Å². The molecule has 2 aromatic carbocycles. The SMILES string of the molecule is O=C(N[C@@H]1C[C@@H]1F)c1cccnc1-n1nc(Cn2nc(-c3ccc(Cl)cc3)n(C[C@H](O)C(F)(F)F)c2=O)nc1C(=O)N1CCS(=O)(=O)CC1.O=C(N[C@H]1C[C@H]1F)c1cccnc1-n1nc(Cn2nc(-c3ccc(Cl)cc3)n(C[C@H](O)C(F)(F)F)c2=O)nc1C(=O)N1CCS(=O)(=O)CC1. The van der Waals surface area contributed by atoms with Crippen molar-refractivity contribution in [2.24, 2.45) is 0 Å². The second-order valence-electron chi connectivity index (χ2n) is 22.7. The molecule has 6 atom stereocenters. The number of alkyl halides is 8. The molecule has 0 radical (unpaired) electrons. The third kappa shape index (κ3) is 15.8. The van der Waals surface area contributed by atoms with E-state index < -0.39 is 141 Å². The van der Waals surface area contributed by atoms with E-state index in [-0.39, 0.29) is 119 Å². The van der Waals surface area contributed by atoms with Crippen LogP contribution in [0.15, 0.2) is 94.8 Å². The van der Waals surface area contributed by atoms with Crippen molar-refractivity contribution in [1.82, 2.24) is 88.6 Å². The van der Waals surface area contributed by atoms with Gasteiger partial charge in [-0.1, -0.05) is 23.2 Å². The third-order valence-corrected chi connectivity index (χ3v) is 19.3.